The molecule has 1 aliphatic heterocycles. The third-order valence-corrected chi connectivity index (χ3v) is 2.56. The van der Waals surface area contributed by atoms with E-state index in [2.05, 4.69) is 5.32 Å². The quantitative estimate of drug-likeness (QED) is 0.611. The van der Waals surface area contributed by atoms with Gasteiger partial charge in [-0.25, -0.2) is 0 Å². The summed E-state index contributed by atoms with van der Waals surface area (Å²) >= 11 is 0. The van der Waals surface area contributed by atoms with Crippen LogP contribution in [0.4, 0.5) is 0 Å². The standard InChI is InChI=1S/C9H16N2O2/c12-8-3-4-11(5-8)6-9(13)10-7-1-2-7/h7-8,12H,1-6H2,(H,10,13). The van der Waals surface area contributed by atoms with E-state index >= 15 is 0 Å². The number of likely N-dealkylation sites (tertiary alicyclic amines) is 1. The Balaban J connectivity index is 1.67. The molecule has 0 radical (unpaired) electrons. The van der Waals surface area contributed by atoms with Gasteiger partial charge in [0, 0.05) is 19.1 Å². The largest absolute Gasteiger partial charge is 0.392 e. The summed E-state index contributed by atoms with van der Waals surface area (Å²) in [4.78, 5) is 13.3. The molecule has 0 aromatic heterocycles. The molecular formula is C9H16N2O2. The molecule has 4 nitrogen and oxygen atoms in total. The molecule has 74 valence electrons. The lowest BCUT2D eigenvalue weighted by Gasteiger charge is -2.13. The molecule has 1 saturated carbocycles. The Labute approximate surface area is 77.9 Å². The number of amides is 1. The second-order valence-electron chi connectivity index (χ2n) is 4.02. The lowest BCUT2D eigenvalue weighted by atomic mass is 10.3. The van der Waals surface area contributed by atoms with E-state index in [1.54, 1.807) is 0 Å². The number of aliphatic hydroxyl groups excluding tert-OH is 1. The first-order valence-corrected chi connectivity index (χ1v) is 4.94. The molecule has 2 N–H and O–H groups in total. The fraction of sp³-hybridized carbons (Fsp3) is 0.889. The van der Waals surface area contributed by atoms with Crippen molar-refractivity contribution >= 4 is 5.91 Å². The Hall–Kier alpha value is -0.610. The Morgan fingerprint density at radius 1 is 1.46 bits per heavy atom. The molecule has 1 amide bonds. The van der Waals surface area contributed by atoms with Gasteiger partial charge in [0.25, 0.3) is 0 Å². The minimum absolute atomic E-state index is 0.108. The van der Waals surface area contributed by atoms with Gasteiger partial charge in [-0.2, -0.15) is 0 Å². The average Bonchev–Trinajstić information content (AvgIpc) is 2.76. The summed E-state index contributed by atoms with van der Waals surface area (Å²) in [6, 6.07) is 0.444. The number of hydrogen-bond donors (Lipinski definition) is 2. The third kappa shape index (κ3) is 2.67. The van der Waals surface area contributed by atoms with Gasteiger partial charge >= 0.3 is 0 Å². The van der Waals surface area contributed by atoms with E-state index in [0.29, 0.717) is 19.1 Å². The fourth-order valence-electron chi connectivity index (χ4n) is 1.66. The molecule has 0 spiro atoms. The predicted octanol–water partition coefficient (Wildman–Crippen LogP) is -0.668. The summed E-state index contributed by atoms with van der Waals surface area (Å²) in [5.41, 5.74) is 0. The van der Waals surface area contributed by atoms with Gasteiger partial charge in [0.1, 0.15) is 0 Å². The third-order valence-electron chi connectivity index (χ3n) is 2.56. The molecule has 2 fully saturated rings. The molecule has 2 aliphatic rings. The first-order chi connectivity index (χ1) is 6.24. The van der Waals surface area contributed by atoms with Crippen molar-refractivity contribution in [2.75, 3.05) is 19.6 Å². The highest BCUT2D eigenvalue weighted by atomic mass is 16.3. The average molecular weight is 184 g/mol. The number of carbonyl (C=O) groups excluding carboxylic acids is 1. The highest BCUT2D eigenvalue weighted by Gasteiger charge is 2.26. The molecule has 13 heavy (non-hydrogen) atoms. The van der Waals surface area contributed by atoms with Crippen LogP contribution in [0.15, 0.2) is 0 Å². The summed E-state index contributed by atoms with van der Waals surface area (Å²) in [5, 5.41) is 12.2. The number of β-amino-alcohol motifs (C(OH)–C–C–N with tert-alkyl or cyclic N) is 1. The van der Waals surface area contributed by atoms with Crippen LogP contribution in [-0.2, 0) is 4.79 Å². The van der Waals surface area contributed by atoms with Crippen LogP contribution in [0.1, 0.15) is 19.3 Å². The SMILES string of the molecule is O=C(CN1CCC(O)C1)NC1CC1. The van der Waals surface area contributed by atoms with Gasteiger partial charge in [-0.05, 0) is 19.3 Å². The number of nitrogens with zero attached hydrogens (tertiary/aromatic N) is 1. The van der Waals surface area contributed by atoms with Crippen LogP contribution >= 0.6 is 0 Å². The minimum Gasteiger partial charge on any atom is -0.392 e. The topological polar surface area (TPSA) is 52.6 Å². The van der Waals surface area contributed by atoms with Gasteiger partial charge < -0.3 is 10.4 Å². The number of hydrogen-bond acceptors (Lipinski definition) is 3. The van der Waals surface area contributed by atoms with Crippen LogP contribution < -0.4 is 5.32 Å². The van der Waals surface area contributed by atoms with E-state index in [0.717, 1.165) is 25.8 Å². The van der Waals surface area contributed by atoms with Crippen molar-refractivity contribution in [2.45, 2.75) is 31.4 Å². The van der Waals surface area contributed by atoms with Crippen molar-refractivity contribution in [3.63, 3.8) is 0 Å². The van der Waals surface area contributed by atoms with Crippen molar-refractivity contribution in [3.05, 3.63) is 0 Å². The molecule has 2 rings (SSSR count). The molecular weight excluding hydrogens is 168 g/mol. The first-order valence-electron chi connectivity index (χ1n) is 4.94. The van der Waals surface area contributed by atoms with Crippen LogP contribution in [0.3, 0.4) is 0 Å². The maximum atomic E-state index is 11.3. The van der Waals surface area contributed by atoms with Crippen LogP contribution in [0.2, 0.25) is 0 Å². The Bertz CT molecular complexity index is 204. The van der Waals surface area contributed by atoms with E-state index in [-0.39, 0.29) is 12.0 Å². The Kier molecular flexibility index (Phi) is 2.51. The molecule has 1 heterocycles. The van der Waals surface area contributed by atoms with Crippen molar-refractivity contribution in [2.24, 2.45) is 0 Å². The van der Waals surface area contributed by atoms with Gasteiger partial charge in [0.05, 0.1) is 12.6 Å². The normalized spacial score (nSPS) is 29.2. The van der Waals surface area contributed by atoms with E-state index in [4.69, 9.17) is 0 Å². The number of nitrogens with one attached hydrogen (secondary N) is 1. The smallest absolute Gasteiger partial charge is 0.234 e. The maximum Gasteiger partial charge on any atom is 0.234 e. The lowest BCUT2D eigenvalue weighted by molar-refractivity contribution is -0.122. The molecule has 1 unspecified atom stereocenters. The Morgan fingerprint density at radius 2 is 2.23 bits per heavy atom. The molecule has 1 saturated heterocycles. The molecule has 0 aromatic carbocycles. The summed E-state index contributed by atoms with van der Waals surface area (Å²) in [7, 11) is 0. The van der Waals surface area contributed by atoms with Gasteiger partial charge in [-0.3, -0.25) is 9.69 Å². The molecule has 1 atom stereocenters. The second kappa shape index (κ2) is 3.64. The van der Waals surface area contributed by atoms with Gasteiger partial charge in [0.15, 0.2) is 0 Å². The lowest BCUT2D eigenvalue weighted by Crippen LogP contribution is -2.37. The van der Waals surface area contributed by atoms with Crippen molar-refractivity contribution in [1.82, 2.24) is 10.2 Å². The van der Waals surface area contributed by atoms with E-state index in [9.17, 15) is 9.90 Å². The number of carbonyl (C=O) groups is 1. The predicted molar refractivity (Wildman–Crippen MR) is 48.2 cm³/mol. The zero-order valence-corrected chi connectivity index (χ0v) is 7.70. The van der Waals surface area contributed by atoms with Crippen LogP contribution in [0, 0.1) is 0 Å². The van der Waals surface area contributed by atoms with Crippen LogP contribution in [-0.4, -0.2) is 47.7 Å². The zero-order chi connectivity index (χ0) is 9.26. The van der Waals surface area contributed by atoms with Crippen LogP contribution in [0.25, 0.3) is 0 Å². The van der Waals surface area contributed by atoms with E-state index < -0.39 is 0 Å². The maximum absolute atomic E-state index is 11.3. The first kappa shape index (κ1) is 8.97. The monoisotopic (exact) mass is 184 g/mol. The molecule has 0 bridgehead atoms. The van der Waals surface area contributed by atoms with E-state index in [1.807, 2.05) is 4.90 Å². The fourth-order valence-corrected chi connectivity index (χ4v) is 1.66. The van der Waals surface area contributed by atoms with Gasteiger partial charge in [-0.1, -0.05) is 0 Å². The summed E-state index contributed by atoms with van der Waals surface area (Å²) in [6.07, 6.45) is 2.84. The summed E-state index contributed by atoms with van der Waals surface area (Å²) in [6.45, 7) is 1.95. The van der Waals surface area contributed by atoms with E-state index in [1.165, 1.54) is 0 Å². The molecule has 0 aromatic rings. The van der Waals surface area contributed by atoms with Crippen molar-refractivity contribution < 1.29 is 9.90 Å². The van der Waals surface area contributed by atoms with Gasteiger partial charge in [-0.15, -0.1) is 0 Å². The summed E-state index contributed by atoms with van der Waals surface area (Å²) in [5.74, 6) is 0.108. The zero-order valence-electron chi connectivity index (χ0n) is 7.70. The van der Waals surface area contributed by atoms with Crippen molar-refractivity contribution in [3.8, 4) is 0 Å². The highest BCUT2D eigenvalue weighted by Crippen LogP contribution is 2.18. The number of aliphatic hydroxyl groups is 1. The van der Waals surface area contributed by atoms with Gasteiger partial charge in [0.2, 0.25) is 5.91 Å². The minimum atomic E-state index is -0.228. The molecule has 1 aliphatic carbocycles. The van der Waals surface area contributed by atoms with Crippen LogP contribution in [0.5, 0.6) is 0 Å². The summed E-state index contributed by atoms with van der Waals surface area (Å²) < 4.78 is 0. The highest BCUT2D eigenvalue weighted by molar-refractivity contribution is 5.78. The van der Waals surface area contributed by atoms with Crippen molar-refractivity contribution in [1.29, 1.82) is 0 Å². The second-order valence-corrected chi connectivity index (χ2v) is 4.02. The Morgan fingerprint density at radius 3 is 2.77 bits per heavy atom. The molecule has 4 heteroatoms. The number of rotatable bonds is 3.